The van der Waals surface area contributed by atoms with E-state index in [0.29, 0.717) is 0 Å². The molecule has 0 aliphatic carbocycles. The second kappa shape index (κ2) is 5.78. The number of para-hydroxylation sites is 1. The molecule has 1 aromatic carbocycles. The molecule has 0 radical (unpaired) electrons. The molecule has 0 bridgehead atoms. The van der Waals surface area contributed by atoms with Crippen molar-refractivity contribution in [3.63, 3.8) is 0 Å². The molecule has 1 atom stereocenters. The Balaban J connectivity index is 2.41. The van der Waals surface area contributed by atoms with Crippen molar-refractivity contribution in [2.45, 2.75) is 26.8 Å². The second-order valence-corrected chi connectivity index (χ2v) is 4.71. The van der Waals surface area contributed by atoms with Crippen molar-refractivity contribution < 1.29 is 0 Å². The SMILES string of the molecule is CCNC(C=C(C)C)c1ccc2ccccc2n1. The highest BCUT2D eigenvalue weighted by atomic mass is 14.9. The van der Waals surface area contributed by atoms with Gasteiger partial charge in [-0.1, -0.05) is 42.8 Å². The lowest BCUT2D eigenvalue weighted by Gasteiger charge is -2.14. The minimum absolute atomic E-state index is 0.199. The number of hydrogen-bond acceptors (Lipinski definition) is 2. The third-order valence-electron chi connectivity index (χ3n) is 2.86. The molecule has 2 aromatic rings. The van der Waals surface area contributed by atoms with E-state index in [4.69, 9.17) is 4.98 Å². The molecule has 0 fully saturated rings. The maximum Gasteiger partial charge on any atom is 0.0706 e. The zero-order chi connectivity index (χ0) is 13.0. The summed E-state index contributed by atoms with van der Waals surface area (Å²) in [6, 6.07) is 12.7. The molecule has 18 heavy (non-hydrogen) atoms. The van der Waals surface area contributed by atoms with E-state index in [9.17, 15) is 0 Å². The molecule has 94 valence electrons. The predicted octanol–water partition coefficient (Wildman–Crippen LogP) is 3.85. The Kier molecular flexibility index (Phi) is 4.11. The van der Waals surface area contributed by atoms with Crippen LogP contribution < -0.4 is 5.32 Å². The topological polar surface area (TPSA) is 24.9 Å². The first-order valence-electron chi connectivity index (χ1n) is 6.45. The van der Waals surface area contributed by atoms with E-state index in [0.717, 1.165) is 17.8 Å². The monoisotopic (exact) mass is 240 g/mol. The zero-order valence-electron chi connectivity index (χ0n) is 11.3. The number of benzene rings is 1. The first-order valence-corrected chi connectivity index (χ1v) is 6.45. The maximum atomic E-state index is 4.74. The van der Waals surface area contributed by atoms with Crippen molar-refractivity contribution in [2.24, 2.45) is 0 Å². The van der Waals surface area contributed by atoms with Crippen molar-refractivity contribution >= 4 is 10.9 Å². The van der Waals surface area contributed by atoms with Gasteiger partial charge in [-0.05, 0) is 32.5 Å². The number of allylic oxidation sites excluding steroid dienone is 1. The summed E-state index contributed by atoms with van der Waals surface area (Å²) in [6.45, 7) is 7.28. The van der Waals surface area contributed by atoms with E-state index in [2.05, 4.69) is 56.4 Å². The number of nitrogens with zero attached hydrogens (tertiary/aromatic N) is 1. The smallest absolute Gasteiger partial charge is 0.0706 e. The second-order valence-electron chi connectivity index (χ2n) is 4.71. The lowest BCUT2D eigenvalue weighted by atomic mass is 10.1. The number of nitrogens with one attached hydrogen (secondary N) is 1. The van der Waals surface area contributed by atoms with E-state index >= 15 is 0 Å². The fourth-order valence-corrected chi connectivity index (χ4v) is 2.06. The van der Waals surface area contributed by atoms with E-state index < -0.39 is 0 Å². The van der Waals surface area contributed by atoms with Crippen molar-refractivity contribution in [1.29, 1.82) is 0 Å². The van der Waals surface area contributed by atoms with Gasteiger partial charge in [-0.15, -0.1) is 0 Å². The molecule has 1 heterocycles. The largest absolute Gasteiger partial charge is 0.306 e. The summed E-state index contributed by atoms with van der Waals surface area (Å²) < 4.78 is 0. The molecule has 1 aromatic heterocycles. The Bertz CT molecular complexity index is 554. The van der Waals surface area contributed by atoms with Gasteiger partial charge in [-0.2, -0.15) is 0 Å². The standard InChI is InChI=1S/C16H20N2/c1-4-17-16(11-12(2)3)15-10-9-13-7-5-6-8-14(13)18-15/h5-11,16-17H,4H2,1-3H3. The van der Waals surface area contributed by atoms with Gasteiger partial charge >= 0.3 is 0 Å². The van der Waals surface area contributed by atoms with Crippen LogP contribution in [0.25, 0.3) is 10.9 Å². The number of fused-ring (bicyclic) bond motifs is 1. The molecule has 2 heteroatoms. The van der Waals surface area contributed by atoms with Crippen LogP contribution in [-0.2, 0) is 0 Å². The summed E-state index contributed by atoms with van der Waals surface area (Å²) in [7, 11) is 0. The molecule has 0 aliphatic heterocycles. The first-order chi connectivity index (χ1) is 8.70. The molecule has 0 spiro atoms. The summed E-state index contributed by atoms with van der Waals surface area (Å²) >= 11 is 0. The highest BCUT2D eigenvalue weighted by Gasteiger charge is 2.09. The normalized spacial score (nSPS) is 12.4. The summed E-state index contributed by atoms with van der Waals surface area (Å²) in [5.74, 6) is 0. The molecule has 1 N–H and O–H groups in total. The van der Waals surface area contributed by atoms with Gasteiger partial charge in [0.2, 0.25) is 0 Å². The minimum atomic E-state index is 0.199. The summed E-state index contributed by atoms with van der Waals surface area (Å²) in [5, 5.41) is 4.64. The molecule has 0 saturated heterocycles. The Labute approximate surface area is 109 Å². The summed E-state index contributed by atoms with van der Waals surface area (Å²) in [4.78, 5) is 4.74. The van der Waals surface area contributed by atoms with Crippen LogP contribution in [0.4, 0.5) is 0 Å². The van der Waals surface area contributed by atoms with Crippen LogP contribution in [0.2, 0.25) is 0 Å². The van der Waals surface area contributed by atoms with Crippen molar-refractivity contribution in [1.82, 2.24) is 10.3 Å². The van der Waals surface area contributed by atoms with Crippen LogP contribution >= 0.6 is 0 Å². The van der Waals surface area contributed by atoms with Gasteiger partial charge in [0.15, 0.2) is 0 Å². The summed E-state index contributed by atoms with van der Waals surface area (Å²) in [6.07, 6.45) is 2.22. The van der Waals surface area contributed by atoms with Crippen LogP contribution in [0.5, 0.6) is 0 Å². The molecule has 0 amide bonds. The molecular weight excluding hydrogens is 220 g/mol. The highest BCUT2D eigenvalue weighted by Crippen LogP contribution is 2.18. The molecule has 1 unspecified atom stereocenters. The molecule has 0 aliphatic rings. The van der Waals surface area contributed by atoms with Crippen LogP contribution in [0.15, 0.2) is 48.0 Å². The Morgan fingerprint density at radius 1 is 1.22 bits per heavy atom. The van der Waals surface area contributed by atoms with Crippen LogP contribution in [0, 0.1) is 0 Å². The Morgan fingerprint density at radius 3 is 2.72 bits per heavy atom. The van der Waals surface area contributed by atoms with Crippen molar-refractivity contribution in [2.75, 3.05) is 6.54 Å². The van der Waals surface area contributed by atoms with Gasteiger partial charge in [0.25, 0.3) is 0 Å². The molecule has 0 saturated carbocycles. The summed E-state index contributed by atoms with van der Waals surface area (Å²) in [5.41, 5.74) is 3.44. The highest BCUT2D eigenvalue weighted by molar-refractivity contribution is 5.78. The third kappa shape index (κ3) is 2.96. The van der Waals surface area contributed by atoms with Gasteiger partial charge in [0, 0.05) is 5.39 Å². The minimum Gasteiger partial charge on any atom is -0.306 e. The lowest BCUT2D eigenvalue weighted by Crippen LogP contribution is -2.20. The lowest BCUT2D eigenvalue weighted by molar-refractivity contribution is 0.631. The van der Waals surface area contributed by atoms with Crippen LogP contribution in [-0.4, -0.2) is 11.5 Å². The van der Waals surface area contributed by atoms with E-state index in [1.807, 2.05) is 12.1 Å². The molecular formula is C16H20N2. The average molecular weight is 240 g/mol. The fraction of sp³-hybridized carbons (Fsp3) is 0.312. The van der Waals surface area contributed by atoms with Crippen molar-refractivity contribution in [3.05, 3.63) is 53.7 Å². The number of likely N-dealkylation sites (N-methyl/N-ethyl adjacent to an activating group) is 1. The number of aromatic nitrogens is 1. The quantitative estimate of drug-likeness (QED) is 0.821. The fourth-order valence-electron chi connectivity index (χ4n) is 2.06. The molecule has 2 rings (SSSR count). The van der Waals surface area contributed by atoms with Gasteiger partial charge < -0.3 is 5.32 Å². The van der Waals surface area contributed by atoms with E-state index in [1.165, 1.54) is 11.0 Å². The Morgan fingerprint density at radius 2 is 2.00 bits per heavy atom. The number of pyridine rings is 1. The number of rotatable bonds is 4. The zero-order valence-corrected chi connectivity index (χ0v) is 11.3. The predicted molar refractivity (Wildman–Crippen MR) is 77.6 cm³/mol. The maximum absolute atomic E-state index is 4.74. The third-order valence-corrected chi connectivity index (χ3v) is 2.86. The first kappa shape index (κ1) is 12.8. The van der Waals surface area contributed by atoms with E-state index in [-0.39, 0.29) is 6.04 Å². The van der Waals surface area contributed by atoms with Crippen LogP contribution in [0.3, 0.4) is 0 Å². The average Bonchev–Trinajstić information content (AvgIpc) is 2.37. The van der Waals surface area contributed by atoms with Gasteiger partial charge in [0.05, 0.1) is 17.3 Å². The van der Waals surface area contributed by atoms with E-state index in [1.54, 1.807) is 0 Å². The van der Waals surface area contributed by atoms with Crippen LogP contribution in [0.1, 0.15) is 32.5 Å². The van der Waals surface area contributed by atoms with Gasteiger partial charge in [0.1, 0.15) is 0 Å². The Hall–Kier alpha value is -1.67. The van der Waals surface area contributed by atoms with Gasteiger partial charge in [-0.25, -0.2) is 0 Å². The number of hydrogen-bond donors (Lipinski definition) is 1. The molecule has 2 nitrogen and oxygen atoms in total. The van der Waals surface area contributed by atoms with Crippen molar-refractivity contribution in [3.8, 4) is 0 Å². The van der Waals surface area contributed by atoms with Gasteiger partial charge in [-0.3, -0.25) is 4.98 Å².